The molecule has 0 aliphatic heterocycles. The predicted octanol–water partition coefficient (Wildman–Crippen LogP) is 4.21. The molecule has 0 spiro atoms. The summed E-state index contributed by atoms with van der Waals surface area (Å²) in [6.45, 7) is 0.138. The van der Waals surface area contributed by atoms with Crippen molar-refractivity contribution < 1.29 is 24.2 Å². The number of rotatable bonds is 9. The van der Waals surface area contributed by atoms with E-state index < -0.39 is 18.1 Å². The second-order valence-corrected chi connectivity index (χ2v) is 9.73. The van der Waals surface area contributed by atoms with Crippen LogP contribution < -0.4 is 10.6 Å². The van der Waals surface area contributed by atoms with E-state index in [0.29, 0.717) is 5.92 Å². The maximum Gasteiger partial charge on any atom is 0.407 e. The molecule has 1 unspecified atom stereocenters. The molecule has 3 aliphatic rings. The molecule has 2 fully saturated rings. The standard InChI is InChI=1S/C27H30N2O5/c30-24(31)13-12-23(25(32)29-27(14-5-15-27)17-10-11-17)28-26(33)34-16-22-20-8-3-1-6-18(20)19-7-2-4-9-21(19)22/h1-4,6-9,17,22-23H,5,10-16H2,(H,28,33)(H,29,32)(H,30,31). The molecule has 3 N–H and O–H groups in total. The van der Waals surface area contributed by atoms with Crippen LogP contribution in [-0.2, 0) is 14.3 Å². The Hall–Kier alpha value is -3.35. The molecule has 7 heteroatoms. The van der Waals surface area contributed by atoms with Crippen molar-refractivity contribution in [1.29, 1.82) is 0 Å². The molecule has 0 saturated heterocycles. The summed E-state index contributed by atoms with van der Waals surface area (Å²) in [6.07, 6.45) is 4.29. The van der Waals surface area contributed by atoms with Crippen molar-refractivity contribution in [1.82, 2.24) is 10.6 Å². The normalized spacial score (nSPS) is 18.7. The van der Waals surface area contributed by atoms with E-state index in [4.69, 9.17) is 9.84 Å². The average molecular weight is 463 g/mol. The van der Waals surface area contributed by atoms with Gasteiger partial charge in [-0.15, -0.1) is 0 Å². The van der Waals surface area contributed by atoms with E-state index in [1.165, 1.54) is 0 Å². The molecule has 34 heavy (non-hydrogen) atoms. The number of ether oxygens (including phenoxy) is 1. The number of hydrogen-bond acceptors (Lipinski definition) is 4. The summed E-state index contributed by atoms with van der Waals surface area (Å²) in [4.78, 5) is 36.9. The number of aliphatic carboxylic acids is 1. The van der Waals surface area contributed by atoms with Crippen LogP contribution in [0.2, 0.25) is 0 Å². The molecule has 5 rings (SSSR count). The van der Waals surface area contributed by atoms with Crippen LogP contribution in [0.5, 0.6) is 0 Å². The minimum absolute atomic E-state index is 0.0199. The van der Waals surface area contributed by atoms with E-state index >= 15 is 0 Å². The molecule has 7 nitrogen and oxygen atoms in total. The Morgan fingerprint density at radius 2 is 1.62 bits per heavy atom. The van der Waals surface area contributed by atoms with Gasteiger partial charge in [-0.3, -0.25) is 9.59 Å². The van der Waals surface area contributed by atoms with Gasteiger partial charge in [-0.05, 0) is 66.7 Å². The number of nitrogens with one attached hydrogen (secondary N) is 2. The summed E-state index contributed by atoms with van der Waals surface area (Å²) >= 11 is 0. The zero-order chi connectivity index (χ0) is 23.7. The third-order valence-electron chi connectivity index (χ3n) is 7.58. The minimum Gasteiger partial charge on any atom is -0.481 e. The van der Waals surface area contributed by atoms with Crippen LogP contribution in [0, 0.1) is 5.92 Å². The number of carboxylic acids is 1. The highest BCUT2D eigenvalue weighted by Gasteiger charge is 2.50. The van der Waals surface area contributed by atoms with Crippen LogP contribution in [0.1, 0.15) is 62.0 Å². The first-order chi connectivity index (χ1) is 16.5. The van der Waals surface area contributed by atoms with Gasteiger partial charge in [0.15, 0.2) is 0 Å². The summed E-state index contributed by atoms with van der Waals surface area (Å²) in [6, 6.07) is 15.2. The molecular weight excluding hydrogens is 432 g/mol. The quantitative estimate of drug-likeness (QED) is 0.518. The summed E-state index contributed by atoms with van der Waals surface area (Å²) in [5.74, 6) is -0.911. The van der Waals surface area contributed by atoms with Crippen molar-refractivity contribution in [2.24, 2.45) is 5.92 Å². The van der Waals surface area contributed by atoms with Gasteiger partial charge in [-0.25, -0.2) is 4.79 Å². The van der Waals surface area contributed by atoms with Crippen LogP contribution in [0.15, 0.2) is 48.5 Å². The number of fused-ring (bicyclic) bond motifs is 3. The first-order valence-corrected chi connectivity index (χ1v) is 12.1. The lowest BCUT2D eigenvalue weighted by Crippen LogP contribution is -2.60. The Bertz CT molecular complexity index is 1060. The van der Waals surface area contributed by atoms with Crippen LogP contribution in [0.3, 0.4) is 0 Å². The Balaban J connectivity index is 1.24. The maximum absolute atomic E-state index is 13.0. The molecule has 2 saturated carbocycles. The first kappa shape index (κ1) is 22.4. The second kappa shape index (κ2) is 9.12. The van der Waals surface area contributed by atoms with Crippen LogP contribution in [0.4, 0.5) is 4.79 Å². The topological polar surface area (TPSA) is 105 Å². The molecule has 1 atom stereocenters. The number of carboxylic acid groups (broad SMARTS) is 1. The molecule has 2 aromatic carbocycles. The lowest BCUT2D eigenvalue weighted by atomic mass is 9.73. The van der Waals surface area contributed by atoms with Crippen LogP contribution in [-0.4, -0.2) is 41.3 Å². The fraction of sp³-hybridized carbons (Fsp3) is 0.444. The Morgan fingerprint density at radius 3 is 2.15 bits per heavy atom. The van der Waals surface area contributed by atoms with E-state index in [1.807, 2.05) is 36.4 Å². The first-order valence-electron chi connectivity index (χ1n) is 12.1. The Kier molecular flexibility index (Phi) is 6.02. The number of amides is 2. The smallest absolute Gasteiger partial charge is 0.407 e. The van der Waals surface area contributed by atoms with Gasteiger partial charge >= 0.3 is 12.1 Å². The zero-order valence-corrected chi connectivity index (χ0v) is 19.1. The molecule has 0 aromatic heterocycles. The van der Waals surface area contributed by atoms with Gasteiger partial charge < -0.3 is 20.5 Å². The minimum atomic E-state index is -1.01. The third-order valence-corrected chi connectivity index (χ3v) is 7.58. The largest absolute Gasteiger partial charge is 0.481 e. The summed E-state index contributed by atoms with van der Waals surface area (Å²) < 4.78 is 5.58. The average Bonchev–Trinajstić information content (AvgIpc) is 3.60. The fourth-order valence-electron chi connectivity index (χ4n) is 5.48. The van der Waals surface area contributed by atoms with Crippen molar-refractivity contribution in [2.45, 2.75) is 62.4 Å². The maximum atomic E-state index is 13.0. The predicted molar refractivity (Wildman–Crippen MR) is 126 cm³/mol. The third kappa shape index (κ3) is 4.39. The number of hydrogen-bond donors (Lipinski definition) is 3. The molecule has 0 heterocycles. The lowest BCUT2D eigenvalue weighted by molar-refractivity contribution is -0.137. The van der Waals surface area contributed by atoms with E-state index in [1.54, 1.807) is 0 Å². The number of alkyl carbamates (subject to hydrolysis) is 1. The van der Waals surface area contributed by atoms with Crippen LogP contribution in [0.25, 0.3) is 11.1 Å². The van der Waals surface area contributed by atoms with E-state index in [9.17, 15) is 14.4 Å². The molecule has 178 valence electrons. The second-order valence-electron chi connectivity index (χ2n) is 9.73. The summed E-state index contributed by atoms with van der Waals surface area (Å²) in [5.41, 5.74) is 4.30. The van der Waals surface area contributed by atoms with Crippen molar-refractivity contribution in [3.05, 3.63) is 59.7 Å². The highest BCUT2D eigenvalue weighted by molar-refractivity contribution is 5.87. The van der Waals surface area contributed by atoms with Crippen molar-refractivity contribution in [3.63, 3.8) is 0 Å². The lowest BCUT2D eigenvalue weighted by Gasteiger charge is -2.44. The SMILES string of the molecule is O=C(O)CCC(NC(=O)OCC1c2ccccc2-c2ccccc21)C(=O)NC1(C2CC2)CCC1. The van der Waals surface area contributed by atoms with Gasteiger partial charge in [0.25, 0.3) is 0 Å². The van der Waals surface area contributed by atoms with Gasteiger partial charge in [0.1, 0.15) is 12.6 Å². The Morgan fingerprint density at radius 1 is 1.00 bits per heavy atom. The number of carbonyl (C=O) groups excluding carboxylic acids is 2. The van der Waals surface area contributed by atoms with E-state index in [-0.39, 0.29) is 36.8 Å². The molecule has 3 aliphatic carbocycles. The van der Waals surface area contributed by atoms with Crippen molar-refractivity contribution in [2.75, 3.05) is 6.61 Å². The monoisotopic (exact) mass is 462 g/mol. The zero-order valence-electron chi connectivity index (χ0n) is 19.1. The van der Waals surface area contributed by atoms with E-state index in [2.05, 4.69) is 22.8 Å². The summed E-state index contributed by atoms with van der Waals surface area (Å²) in [7, 11) is 0. The number of benzene rings is 2. The van der Waals surface area contributed by atoms with Gasteiger partial charge in [-0.1, -0.05) is 48.5 Å². The highest BCUT2D eigenvalue weighted by atomic mass is 16.5. The van der Waals surface area contributed by atoms with Crippen LogP contribution >= 0.6 is 0 Å². The van der Waals surface area contributed by atoms with Crippen molar-refractivity contribution in [3.8, 4) is 11.1 Å². The highest BCUT2D eigenvalue weighted by Crippen LogP contribution is 2.50. The van der Waals surface area contributed by atoms with E-state index in [0.717, 1.165) is 54.4 Å². The molecule has 2 amide bonds. The Labute approximate surface area is 198 Å². The summed E-state index contributed by atoms with van der Waals surface area (Å²) in [5, 5.41) is 14.9. The fourth-order valence-corrected chi connectivity index (χ4v) is 5.48. The van der Waals surface area contributed by atoms with Gasteiger partial charge in [0.2, 0.25) is 5.91 Å². The van der Waals surface area contributed by atoms with Gasteiger partial charge in [-0.2, -0.15) is 0 Å². The number of carbonyl (C=O) groups is 3. The van der Waals surface area contributed by atoms with Gasteiger partial charge in [0, 0.05) is 17.9 Å². The molecule has 0 radical (unpaired) electrons. The molecule has 0 bridgehead atoms. The molecule has 2 aromatic rings. The molecular formula is C27H30N2O5. The van der Waals surface area contributed by atoms with Crippen molar-refractivity contribution >= 4 is 18.0 Å². The van der Waals surface area contributed by atoms with Gasteiger partial charge in [0.05, 0.1) is 0 Å².